The highest BCUT2D eigenvalue weighted by molar-refractivity contribution is 5.50. The third-order valence-corrected chi connectivity index (χ3v) is 7.46. The topological polar surface area (TPSA) is 72.6 Å². The average Bonchev–Trinajstić information content (AvgIpc) is 2.97. The molecule has 1 N–H and O–H groups in total. The number of phenolic OH excluding ortho intramolecular Hbond substituents is 1. The Morgan fingerprint density at radius 3 is 1.90 bits per heavy atom. The molecule has 0 fully saturated rings. The van der Waals surface area contributed by atoms with Crippen LogP contribution in [0.5, 0.6) is 17.2 Å². The van der Waals surface area contributed by atoms with Gasteiger partial charge in [0.2, 0.25) is 0 Å². The standard InChI is InChI=1S/C36H33NO4/c1-25(19-29-13-16-34(38)20-26(29)2)30-14-17-35(31(23-30)21-27-9-5-3-6-10-27)41-36-18-15-33(37(39)40)24-32(36)22-28-11-7-4-8-12-28/h3-18,20,23-25,38H,19,21-22H2,1-2H3. The Bertz CT molecular complexity index is 1650. The number of benzene rings is 5. The molecular formula is C36H33NO4. The average molecular weight is 544 g/mol. The van der Waals surface area contributed by atoms with Crippen LogP contribution in [-0.2, 0) is 19.3 Å². The van der Waals surface area contributed by atoms with Crippen LogP contribution in [0.1, 0.15) is 51.8 Å². The summed E-state index contributed by atoms with van der Waals surface area (Å²) in [5.74, 6) is 1.86. The van der Waals surface area contributed by atoms with Crippen LogP contribution in [0.15, 0.2) is 115 Å². The highest BCUT2D eigenvalue weighted by atomic mass is 16.6. The maximum Gasteiger partial charge on any atom is 0.269 e. The lowest BCUT2D eigenvalue weighted by Gasteiger charge is -2.19. The summed E-state index contributed by atoms with van der Waals surface area (Å²) in [6.45, 7) is 4.24. The Morgan fingerprint density at radius 2 is 1.32 bits per heavy atom. The third kappa shape index (κ3) is 7.00. The van der Waals surface area contributed by atoms with E-state index in [1.807, 2.05) is 67.6 Å². The van der Waals surface area contributed by atoms with Crippen LogP contribution < -0.4 is 4.74 Å². The molecule has 5 nitrogen and oxygen atoms in total. The zero-order chi connectivity index (χ0) is 28.8. The van der Waals surface area contributed by atoms with Crippen LogP contribution in [0, 0.1) is 17.0 Å². The van der Waals surface area contributed by atoms with Crippen LogP contribution in [-0.4, -0.2) is 10.0 Å². The molecule has 1 atom stereocenters. The van der Waals surface area contributed by atoms with E-state index in [0.29, 0.717) is 18.6 Å². The second-order valence-electron chi connectivity index (χ2n) is 10.6. The molecule has 0 radical (unpaired) electrons. The smallest absolute Gasteiger partial charge is 0.269 e. The summed E-state index contributed by atoms with van der Waals surface area (Å²) >= 11 is 0. The van der Waals surface area contributed by atoms with Crippen molar-refractivity contribution < 1.29 is 14.8 Å². The van der Waals surface area contributed by atoms with E-state index in [1.54, 1.807) is 24.3 Å². The highest BCUT2D eigenvalue weighted by Crippen LogP contribution is 2.35. The van der Waals surface area contributed by atoms with E-state index in [2.05, 4.69) is 31.2 Å². The van der Waals surface area contributed by atoms with Gasteiger partial charge in [0.15, 0.2) is 0 Å². The van der Waals surface area contributed by atoms with Crippen LogP contribution in [0.25, 0.3) is 0 Å². The Balaban J connectivity index is 1.49. The fourth-order valence-electron chi connectivity index (χ4n) is 5.17. The maximum atomic E-state index is 11.6. The lowest BCUT2D eigenvalue weighted by molar-refractivity contribution is -0.384. The zero-order valence-corrected chi connectivity index (χ0v) is 23.3. The molecule has 0 bridgehead atoms. The van der Waals surface area contributed by atoms with Crippen molar-refractivity contribution in [3.63, 3.8) is 0 Å². The largest absolute Gasteiger partial charge is 0.508 e. The molecular weight excluding hydrogens is 510 g/mol. The molecule has 206 valence electrons. The van der Waals surface area contributed by atoms with Gasteiger partial charge in [0, 0.05) is 30.5 Å². The molecule has 0 saturated heterocycles. The summed E-state index contributed by atoms with van der Waals surface area (Å²) in [6, 6.07) is 36.8. The number of hydrogen-bond acceptors (Lipinski definition) is 4. The van der Waals surface area contributed by atoms with Crippen molar-refractivity contribution in [3.05, 3.63) is 164 Å². The van der Waals surface area contributed by atoms with Crippen molar-refractivity contribution in [2.75, 3.05) is 0 Å². The van der Waals surface area contributed by atoms with Crippen molar-refractivity contribution in [2.45, 2.75) is 39.0 Å². The van der Waals surface area contributed by atoms with Gasteiger partial charge in [0.05, 0.1) is 4.92 Å². The second-order valence-corrected chi connectivity index (χ2v) is 10.6. The first kappa shape index (κ1) is 27.7. The molecule has 5 rings (SSSR count). The van der Waals surface area contributed by atoms with Crippen LogP contribution in [0.2, 0.25) is 0 Å². The van der Waals surface area contributed by atoms with Gasteiger partial charge in [0.1, 0.15) is 17.2 Å². The summed E-state index contributed by atoms with van der Waals surface area (Å²) in [5.41, 5.74) is 7.55. The van der Waals surface area contributed by atoms with Gasteiger partial charge in [-0.15, -0.1) is 0 Å². The van der Waals surface area contributed by atoms with Gasteiger partial charge < -0.3 is 9.84 Å². The van der Waals surface area contributed by atoms with Gasteiger partial charge >= 0.3 is 0 Å². The molecule has 5 aromatic carbocycles. The molecule has 0 spiro atoms. The van der Waals surface area contributed by atoms with Crippen molar-refractivity contribution >= 4 is 5.69 Å². The fraction of sp³-hybridized carbons (Fsp3) is 0.167. The highest BCUT2D eigenvalue weighted by Gasteiger charge is 2.17. The van der Waals surface area contributed by atoms with Gasteiger partial charge in [-0.25, -0.2) is 0 Å². The van der Waals surface area contributed by atoms with Crippen LogP contribution in [0.4, 0.5) is 5.69 Å². The first-order chi connectivity index (χ1) is 19.9. The van der Waals surface area contributed by atoms with Gasteiger partial charge in [0.25, 0.3) is 5.69 Å². The maximum absolute atomic E-state index is 11.6. The Labute approximate surface area is 240 Å². The third-order valence-electron chi connectivity index (χ3n) is 7.46. The Hall–Kier alpha value is -4.90. The second kappa shape index (κ2) is 12.5. The van der Waals surface area contributed by atoms with Crippen LogP contribution in [0.3, 0.4) is 0 Å². The lowest BCUT2D eigenvalue weighted by atomic mass is 9.89. The van der Waals surface area contributed by atoms with E-state index < -0.39 is 0 Å². The number of non-ortho nitro benzene ring substituents is 1. The molecule has 0 aliphatic rings. The first-order valence-corrected chi connectivity index (χ1v) is 13.8. The van der Waals surface area contributed by atoms with E-state index >= 15 is 0 Å². The van der Waals surface area contributed by atoms with E-state index in [9.17, 15) is 15.2 Å². The number of nitro groups is 1. The normalized spacial score (nSPS) is 11.7. The van der Waals surface area contributed by atoms with Gasteiger partial charge in [-0.3, -0.25) is 10.1 Å². The molecule has 0 heterocycles. The molecule has 0 aromatic heterocycles. The van der Waals surface area contributed by atoms with Crippen molar-refractivity contribution in [1.29, 1.82) is 0 Å². The fourth-order valence-corrected chi connectivity index (χ4v) is 5.17. The summed E-state index contributed by atoms with van der Waals surface area (Å²) in [5, 5.41) is 21.4. The molecule has 41 heavy (non-hydrogen) atoms. The van der Waals surface area contributed by atoms with Crippen molar-refractivity contribution in [3.8, 4) is 17.2 Å². The zero-order valence-electron chi connectivity index (χ0n) is 23.3. The lowest BCUT2D eigenvalue weighted by Crippen LogP contribution is -2.03. The number of nitrogens with zero attached hydrogens (tertiary/aromatic N) is 1. The predicted molar refractivity (Wildman–Crippen MR) is 163 cm³/mol. The summed E-state index contributed by atoms with van der Waals surface area (Å²) in [4.78, 5) is 11.2. The van der Waals surface area contributed by atoms with Gasteiger partial charge in [-0.05, 0) is 76.9 Å². The van der Waals surface area contributed by atoms with Crippen molar-refractivity contribution in [2.24, 2.45) is 0 Å². The summed E-state index contributed by atoms with van der Waals surface area (Å²) < 4.78 is 6.55. The van der Waals surface area contributed by atoms with Crippen molar-refractivity contribution in [1.82, 2.24) is 0 Å². The number of hydrogen-bond donors (Lipinski definition) is 1. The number of rotatable bonds is 10. The predicted octanol–water partition coefficient (Wildman–Crippen LogP) is 8.93. The SMILES string of the molecule is Cc1cc(O)ccc1CC(C)c1ccc(Oc2ccc([N+](=O)[O-])cc2Cc2ccccc2)c(Cc2ccccc2)c1. The molecule has 1 unspecified atom stereocenters. The minimum absolute atomic E-state index is 0.0430. The van der Waals surface area contributed by atoms with E-state index in [4.69, 9.17) is 4.74 Å². The number of phenols is 1. The van der Waals surface area contributed by atoms with Gasteiger partial charge in [-0.1, -0.05) is 85.8 Å². The number of aromatic hydroxyl groups is 1. The monoisotopic (exact) mass is 543 g/mol. The quantitative estimate of drug-likeness (QED) is 0.141. The van der Waals surface area contributed by atoms with Gasteiger partial charge in [-0.2, -0.15) is 0 Å². The molecule has 0 aliphatic carbocycles. The number of nitro benzene ring substituents is 1. The Morgan fingerprint density at radius 1 is 0.732 bits per heavy atom. The van der Waals surface area contributed by atoms with E-state index in [0.717, 1.165) is 34.4 Å². The molecule has 0 aliphatic heterocycles. The van der Waals surface area contributed by atoms with E-state index in [-0.39, 0.29) is 22.3 Å². The minimum Gasteiger partial charge on any atom is -0.508 e. The molecule has 0 amide bonds. The number of aryl methyl sites for hydroxylation is 1. The summed E-state index contributed by atoms with van der Waals surface area (Å²) in [7, 11) is 0. The van der Waals surface area contributed by atoms with Crippen LogP contribution >= 0.6 is 0 Å². The first-order valence-electron chi connectivity index (χ1n) is 13.8. The molecule has 5 heteroatoms. The Kier molecular flexibility index (Phi) is 8.44. The molecule has 5 aromatic rings. The van der Waals surface area contributed by atoms with E-state index in [1.165, 1.54) is 22.8 Å². The minimum atomic E-state index is -0.370. The summed E-state index contributed by atoms with van der Waals surface area (Å²) in [6.07, 6.45) is 2.06. The molecule has 0 saturated carbocycles. The number of ether oxygens (including phenoxy) is 1.